The van der Waals surface area contributed by atoms with Crippen molar-refractivity contribution in [2.75, 3.05) is 0 Å². The Balaban J connectivity index is 1.94. The van der Waals surface area contributed by atoms with E-state index in [1.165, 1.54) is 0 Å². The molecule has 0 fully saturated rings. The van der Waals surface area contributed by atoms with Crippen molar-refractivity contribution >= 4 is 12.2 Å². The highest BCUT2D eigenvalue weighted by Gasteiger charge is 2.13. The molecular formula is C18H12N2O2. The molecule has 1 N–H and O–H groups in total. The number of fused-ring (bicyclic) bond motifs is 1. The first-order valence-corrected chi connectivity index (χ1v) is 6.69. The highest BCUT2D eigenvalue weighted by Crippen LogP contribution is 2.19. The largest absolute Gasteiger partial charge is 0.478 e. The minimum atomic E-state index is -0.959. The van der Waals surface area contributed by atoms with E-state index in [0.29, 0.717) is 5.56 Å². The van der Waals surface area contributed by atoms with Crippen LogP contribution >= 0.6 is 0 Å². The highest BCUT2D eigenvalue weighted by atomic mass is 16.4. The molecule has 2 heterocycles. The summed E-state index contributed by atoms with van der Waals surface area (Å²) in [7, 11) is 0. The lowest BCUT2D eigenvalue weighted by Gasteiger charge is -2.21. The number of aromatic carboxylic acids is 1. The summed E-state index contributed by atoms with van der Waals surface area (Å²) >= 11 is 0. The summed E-state index contributed by atoms with van der Waals surface area (Å²) in [6.07, 6.45) is 9.03. The quantitative estimate of drug-likeness (QED) is 0.638. The minimum Gasteiger partial charge on any atom is -0.478 e. The number of carboxylic acids is 1. The molecule has 0 aromatic heterocycles. The van der Waals surface area contributed by atoms with Gasteiger partial charge < -0.3 is 5.11 Å². The molecule has 0 atom stereocenters. The molecule has 0 spiro atoms. The van der Waals surface area contributed by atoms with Gasteiger partial charge in [0.15, 0.2) is 0 Å². The van der Waals surface area contributed by atoms with Crippen LogP contribution in [0.4, 0.5) is 0 Å². The summed E-state index contributed by atoms with van der Waals surface area (Å²) in [6, 6.07) is 4.92. The van der Waals surface area contributed by atoms with Gasteiger partial charge in [0.2, 0.25) is 0 Å². The Morgan fingerprint density at radius 3 is 3.05 bits per heavy atom. The number of benzene rings is 1. The summed E-state index contributed by atoms with van der Waals surface area (Å²) in [4.78, 5) is 11.0. The van der Waals surface area contributed by atoms with Crippen molar-refractivity contribution in [3.8, 4) is 11.8 Å². The lowest BCUT2D eigenvalue weighted by Crippen LogP contribution is -2.17. The molecule has 4 nitrogen and oxygen atoms in total. The number of hydrazone groups is 1. The SMILES string of the molecule is Cc1ccc(C(=O)O)cc1C#CC1=CC=C=C2C=CC=NN21. The van der Waals surface area contributed by atoms with Crippen molar-refractivity contribution in [3.05, 3.63) is 76.3 Å². The normalized spacial score (nSPS) is 14.7. The van der Waals surface area contributed by atoms with E-state index in [1.807, 2.05) is 25.2 Å². The van der Waals surface area contributed by atoms with Gasteiger partial charge in [-0.05, 0) is 54.8 Å². The summed E-state index contributed by atoms with van der Waals surface area (Å²) in [5, 5.41) is 15.0. The molecule has 2 aliphatic rings. The summed E-state index contributed by atoms with van der Waals surface area (Å²) < 4.78 is 0. The first-order chi connectivity index (χ1) is 10.6. The fourth-order valence-electron chi connectivity index (χ4n) is 2.07. The Morgan fingerprint density at radius 1 is 1.36 bits per heavy atom. The van der Waals surface area contributed by atoms with Crippen LogP contribution in [0.5, 0.6) is 0 Å². The van der Waals surface area contributed by atoms with Crippen molar-refractivity contribution < 1.29 is 9.90 Å². The molecule has 3 rings (SSSR count). The topological polar surface area (TPSA) is 52.9 Å². The van der Waals surface area contributed by atoms with E-state index in [2.05, 4.69) is 22.7 Å². The van der Waals surface area contributed by atoms with Gasteiger partial charge in [0.05, 0.1) is 5.56 Å². The molecule has 106 valence electrons. The molecule has 22 heavy (non-hydrogen) atoms. The van der Waals surface area contributed by atoms with Crippen LogP contribution in [0.25, 0.3) is 0 Å². The summed E-state index contributed by atoms with van der Waals surface area (Å²) in [5.41, 5.74) is 6.47. The first kappa shape index (κ1) is 13.7. The number of aryl methyl sites for hydroxylation is 1. The molecule has 4 heteroatoms. The van der Waals surface area contributed by atoms with E-state index in [1.54, 1.807) is 35.5 Å². The average molecular weight is 288 g/mol. The Bertz CT molecular complexity index is 870. The van der Waals surface area contributed by atoms with Gasteiger partial charge in [-0.3, -0.25) is 0 Å². The second kappa shape index (κ2) is 5.61. The number of hydrogen-bond donors (Lipinski definition) is 1. The molecule has 0 radical (unpaired) electrons. The molecule has 1 aromatic carbocycles. The van der Waals surface area contributed by atoms with Gasteiger partial charge in [-0.15, -0.1) is 0 Å². The highest BCUT2D eigenvalue weighted by molar-refractivity contribution is 5.88. The fourth-order valence-corrected chi connectivity index (χ4v) is 2.07. The molecule has 0 unspecified atom stereocenters. The second-order valence-corrected chi connectivity index (χ2v) is 4.77. The zero-order valence-electron chi connectivity index (χ0n) is 11.9. The van der Waals surface area contributed by atoms with Crippen LogP contribution in [0, 0.1) is 18.8 Å². The Labute approximate surface area is 128 Å². The number of carboxylic acid groups (broad SMARTS) is 1. The van der Waals surface area contributed by atoms with E-state index >= 15 is 0 Å². The number of nitrogens with zero attached hydrogens (tertiary/aromatic N) is 2. The predicted molar refractivity (Wildman–Crippen MR) is 84.2 cm³/mol. The minimum absolute atomic E-state index is 0.229. The third-order valence-electron chi connectivity index (χ3n) is 3.26. The van der Waals surface area contributed by atoms with Crippen molar-refractivity contribution in [2.24, 2.45) is 5.10 Å². The maximum Gasteiger partial charge on any atom is 0.335 e. The number of hydrogen-bond acceptors (Lipinski definition) is 3. The van der Waals surface area contributed by atoms with E-state index in [4.69, 9.17) is 5.11 Å². The Morgan fingerprint density at radius 2 is 2.23 bits per heavy atom. The van der Waals surface area contributed by atoms with Crippen molar-refractivity contribution in [3.63, 3.8) is 0 Å². The van der Waals surface area contributed by atoms with E-state index in [-0.39, 0.29) is 5.56 Å². The molecule has 0 aliphatic carbocycles. The number of allylic oxidation sites excluding steroid dienone is 4. The van der Waals surface area contributed by atoms with Crippen LogP contribution in [-0.4, -0.2) is 22.3 Å². The zero-order chi connectivity index (χ0) is 15.5. The lowest BCUT2D eigenvalue weighted by atomic mass is 10.1. The van der Waals surface area contributed by atoms with Crippen LogP contribution in [0.15, 0.2) is 64.7 Å². The van der Waals surface area contributed by atoms with Crippen LogP contribution in [0.1, 0.15) is 21.5 Å². The van der Waals surface area contributed by atoms with Gasteiger partial charge in [0.1, 0.15) is 11.4 Å². The van der Waals surface area contributed by atoms with Gasteiger partial charge in [-0.25, -0.2) is 9.80 Å². The molecule has 2 aliphatic heterocycles. The lowest BCUT2D eigenvalue weighted by molar-refractivity contribution is 0.0697. The maximum atomic E-state index is 11.0. The van der Waals surface area contributed by atoms with Gasteiger partial charge in [0, 0.05) is 11.8 Å². The standard InChI is InChI=1S/C18H12N2O2/c1-13-7-8-15(18(21)22)12-14(13)9-10-17-5-2-4-16-6-3-11-19-20(16)17/h2-3,5-8,11-12H,1H3,(H,21,22). The zero-order valence-corrected chi connectivity index (χ0v) is 11.9. The Kier molecular flexibility index (Phi) is 3.49. The molecule has 0 amide bonds. The van der Waals surface area contributed by atoms with Gasteiger partial charge in [-0.2, -0.15) is 5.10 Å². The van der Waals surface area contributed by atoms with Gasteiger partial charge in [0.25, 0.3) is 0 Å². The second-order valence-electron chi connectivity index (χ2n) is 4.77. The van der Waals surface area contributed by atoms with Crippen molar-refractivity contribution in [2.45, 2.75) is 6.92 Å². The predicted octanol–water partition coefficient (Wildman–Crippen LogP) is 2.84. The third-order valence-corrected chi connectivity index (χ3v) is 3.26. The van der Waals surface area contributed by atoms with E-state index < -0.39 is 5.97 Å². The molecule has 0 bridgehead atoms. The first-order valence-electron chi connectivity index (χ1n) is 6.69. The number of carbonyl (C=O) groups is 1. The van der Waals surface area contributed by atoms with E-state index in [0.717, 1.165) is 17.0 Å². The molecule has 1 aromatic rings. The summed E-state index contributed by atoms with van der Waals surface area (Å²) in [5.74, 6) is 5.12. The van der Waals surface area contributed by atoms with Crippen molar-refractivity contribution in [1.29, 1.82) is 0 Å². The van der Waals surface area contributed by atoms with Gasteiger partial charge in [-0.1, -0.05) is 17.7 Å². The monoisotopic (exact) mass is 288 g/mol. The molecular weight excluding hydrogens is 276 g/mol. The summed E-state index contributed by atoms with van der Waals surface area (Å²) in [6.45, 7) is 1.90. The molecule has 0 saturated carbocycles. The van der Waals surface area contributed by atoms with Crippen LogP contribution in [-0.2, 0) is 0 Å². The van der Waals surface area contributed by atoms with E-state index in [9.17, 15) is 4.79 Å². The maximum absolute atomic E-state index is 11.0. The van der Waals surface area contributed by atoms with Crippen molar-refractivity contribution in [1.82, 2.24) is 5.01 Å². The molecule has 0 saturated heterocycles. The van der Waals surface area contributed by atoms with Crippen LogP contribution in [0.3, 0.4) is 0 Å². The smallest absolute Gasteiger partial charge is 0.335 e. The Hall–Kier alpha value is -3.28. The van der Waals surface area contributed by atoms with Gasteiger partial charge >= 0.3 is 5.97 Å². The fraction of sp³-hybridized carbons (Fsp3) is 0.0556. The number of rotatable bonds is 1. The average Bonchev–Trinajstić information content (AvgIpc) is 2.54. The third kappa shape index (κ3) is 2.62. The van der Waals surface area contributed by atoms with Crippen LogP contribution in [0.2, 0.25) is 0 Å². The van der Waals surface area contributed by atoms with Crippen LogP contribution < -0.4 is 0 Å².